The number of ether oxygens (including phenoxy) is 1. The van der Waals surface area contributed by atoms with Crippen LogP contribution in [0.25, 0.3) is 0 Å². The van der Waals surface area contributed by atoms with Crippen LogP contribution in [0.1, 0.15) is 42.7 Å². The minimum Gasteiger partial charge on any atom is -0.497 e. The monoisotopic (exact) mass is 324 g/mol. The molecule has 1 heterocycles. The third-order valence-corrected chi connectivity index (χ3v) is 4.77. The van der Waals surface area contributed by atoms with Gasteiger partial charge in [0.15, 0.2) is 0 Å². The molecule has 1 fully saturated rings. The Balaban J connectivity index is 0.00000176. The first-order valence-electron chi connectivity index (χ1n) is 7.93. The Hall–Kier alpha value is -1.26. The zero-order chi connectivity index (χ0) is 14.7. The second-order valence-electron chi connectivity index (χ2n) is 6.10. The van der Waals surface area contributed by atoms with Gasteiger partial charge in [-0.2, -0.15) is 0 Å². The fourth-order valence-corrected chi connectivity index (χ4v) is 3.17. The molecular formula is C17H25ClN2O2. The van der Waals surface area contributed by atoms with Crippen LogP contribution in [0.3, 0.4) is 0 Å². The maximum Gasteiger partial charge on any atom is 0.223 e. The first-order chi connectivity index (χ1) is 10.3. The molecule has 4 nitrogen and oxygen atoms in total. The fourth-order valence-electron chi connectivity index (χ4n) is 3.17. The van der Waals surface area contributed by atoms with E-state index in [1.807, 2.05) is 6.07 Å². The molecule has 1 aromatic carbocycles. The summed E-state index contributed by atoms with van der Waals surface area (Å²) >= 11 is 0. The van der Waals surface area contributed by atoms with Crippen LogP contribution < -0.4 is 15.4 Å². The van der Waals surface area contributed by atoms with Gasteiger partial charge in [-0.05, 0) is 48.4 Å². The number of amides is 1. The van der Waals surface area contributed by atoms with Crippen LogP contribution in [0.4, 0.5) is 0 Å². The van der Waals surface area contributed by atoms with E-state index in [0.717, 1.165) is 44.6 Å². The third-order valence-electron chi connectivity index (χ3n) is 4.77. The molecule has 1 aliphatic heterocycles. The van der Waals surface area contributed by atoms with Crippen molar-refractivity contribution in [3.8, 4) is 5.75 Å². The van der Waals surface area contributed by atoms with Gasteiger partial charge in [0, 0.05) is 25.6 Å². The molecule has 1 saturated carbocycles. The number of fused-ring (bicyclic) bond motifs is 1. The number of hydrogen-bond acceptors (Lipinski definition) is 3. The zero-order valence-corrected chi connectivity index (χ0v) is 13.9. The SMILES string of the molecule is COc1ccc2c(c1)C(CCNC(=O)C1CCC1)CNC2.Cl. The Labute approximate surface area is 138 Å². The number of halogens is 1. The van der Waals surface area contributed by atoms with E-state index in [1.54, 1.807) is 7.11 Å². The molecule has 1 unspecified atom stereocenters. The summed E-state index contributed by atoms with van der Waals surface area (Å²) in [4.78, 5) is 11.9. The van der Waals surface area contributed by atoms with Gasteiger partial charge >= 0.3 is 0 Å². The van der Waals surface area contributed by atoms with Crippen LogP contribution in [0, 0.1) is 5.92 Å². The lowest BCUT2D eigenvalue weighted by atomic mass is 9.84. The molecule has 0 bridgehead atoms. The number of hydrogen-bond donors (Lipinski definition) is 2. The molecule has 5 heteroatoms. The first kappa shape index (κ1) is 17.1. The van der Waals surface area contributed by atoms with Crippen molar-refractivity contribution in [1.82, 2.24) is 10.6 Å². The molecule has 2 aliphatic rings. The Kier molecular flexibility index (Phi) is 6.09. The Morgan fingerprint density at radius 3 is 2.91 bits per heavy atom. The van der Waals surface area contributed by atoms with Crippen molar-refractivity contribution in [3.05, 3.63) is 29.3 Å². The van der Waals surface area contributed by atoms with Crippen LogP contribution >= 0.6 is 12.4 Å². The molecule has 1 aromatic rings. The van der Waals surface area contributed by atoms with E-state index in [-0.39, 0.29) is 24.2 Å². The topological polar surface area (TPSA) is 50.4 Å². The minimum atomic E-state index is 0. The van der Waals surface area contributed by atoms with E-state index in [1.165, 1.54) is 17.5 Å². The van der Waals surface area contributed by atoms with Crippen molar-refractivity contribution in [1.29, 1.82) is 0 Å². The van der Waals surface area contributed by atoms with Crippen LogP contribution in [-0.2, 0) is 11.3 Å². The summed E-state index contributed by atoms with van der Waals surface area (Å²) in [5, 5.41) is 6.55. The number of carbonyl (C=O) groups is 1. The van der Waals surface area contributed by atoms with Crippen LogP contribution in [0.15, 0.2) is 18.2 Å². The lowest BCUT2D eigenvalue weighted by Gasteiger charge is -2.28. The Bertz CT molecular complexity index is 517. The lowest BCUT2D eigenvalue weighted by molar-refractivity contribution is -0.127. The van der Waals surface area contributed by atoms with Gasteiger partial charge in [0.05, 0.1) is 7.11 Å². The molecule has 1 aliphatic carbocycles. The maximum atomic E-state index is 11.9. The zero-order valence-electron chi connectivity index (χ0n) is 13.1. The molecule has 0 spiro atoms. The van der Waals surface area contributed by atoms with Crippen LogP contribution in [0.2, 0.25) is 0 Å². The lowest BCUT2D eigenvalue weighted by Crippen LogP contribution is -2.36. The van der Waals surface area contributed by atoms with E-state index in [0.29, 0.717) is 5.92 Å². The fraction of sp³-hybridized carbons (Fsp3) is 0.588. The second-order valence-corrected chi connectivity index (χ2v) is 6.10. The summed E-state index contributed by atoms with van der Waals surface area (Å²) in [6.45, 7) is 2.65. The Morgan fingerprint density at radius 2 is 2.23 bits per heavy atom. The molecular weight excluding hydrogens is 300 g/mol. The average molecular weight is 325 g/mol. The van der Waals surface area contributed by atoms with E-state index < -0.39 is 0 Å². The highest BCUT2D eigenvalue weighted by Crippen LogP contribution is 2.30. The molecule has 3 rings (SSSR count). The van der Waals surface area contributed by atoms with Crippen LogP contribution in [-0.4, -0.2) is 26.1 Å². The second kappa shape index (κ2) is 7.84. The summed E-state index contributed by atoms with van der Waals surface area (Å²) in [6, 6.07) is 6.30. The molecule has 0 saturated heterocycles. The number of benzene rings is 1. The molecule has 0 radical (unpaired) electrons. The minimum absolute atomic E-state index is 0. The van der Waals surface area contributed by atoms with E-state index in [2.05, 4.69) is 22.8 Å². The predicted molar refractivity (Wildman–Crippen MR) is 89.7 cm³/mol. The van der Waals surface area contributed by atoms with Gasteiger partial charge in [0.1, 0.15) is 5.75 Å². The summed E-state index contributed by atoms with van der Waals surface area (Å²) < 4.78 is 5.33. The van der Waals surface area contributed by atoms with Gasteiger partial charge in [0.2, 0.25) is 5.91 Å². The quantitative estimate of drug-likeness (QED) is 0.875. The van der Waals surface area contributed by atoms with Gasteiger partial charge in [-0.25, -0.2) is 0 Å². The first-order valence-corrected chi connectivity index (χ1v) is 7.93. The molecule has 1 amide bonds. The summed E-state index contributed by atoms with van der Waals surface area (Å²) in [7, 11) is 1.71. The molecule has 0 aromatic heterocycles. The Morgan fingerprint density at radius 1 is 1.41 bits per heavy atom. The number of rotatable bonds is 5. The third kappa shape index (κ3) is 3.73. The molecule has 2 N–H and O–H groups in total. The molecule has 1 atom stereocenters. The van der Waals surface area contributed by atoms with Crippen molar-refractivity contribution in [2.24, 2.45) is 5.92 Å². The molecule has 22 heavy (non-hydrogen) atoms. The summed E-state index contributed by atoms with van der Waals surface area (Å²) in [5.41, 5.74) is 2.71. The van der Waals surface area contributed by atoms with Crippen LogP contribution in [0.5, 0.6) is 5.75 Å². The van der Waals surface area contributed by atoms with Gasteiger partial charge < -0.3 is 15.4 Å². The van der Waals surface area contributed by atoms with E-state index in [9.17, 15) is 4.79 Å². The van der Waals surface area contributed by atoms with Crippen molar-refractivity contribution in [3.63, 3.8) is 0 Å². The van der Waals surface area contributed by atoms with Gasteiger partial charge in [-0.1, -0.05) is 12.5 Å². The number of nitrogens with one attached hydrogen (secondary N) is 2. The highest BCUT2D eigenvalue weighted by molar-refractivity contribution is 5.85. The largest absolute Gasteiger partial charge is 0.497 e. The standard InChI is InChI=1S/C17H24N2O2.ClH/c1-21-15-6-5-13-10-18-11-14(16(13)9-15)7-8-19-17(20)12-3-2-4-12;/h5-6,9,12,14,18H,2-4,7-8,10-11H2,1H3,(H,19,20);1H. The van der Waals surface area contributed by atoms with Crippen molar-refractivity contribution < 1.29 is 9.53 Å². The maximum absolute atomic E-state index is 11.9. The highest BCUT2D eigenvalue weighted by atomic mass is 35.5. The van der Waals surface area contributed by atoms with Gasteiger partial charge in [-0.15, -0.1) is 12.4 Å². The van der Waals surface area contributed by atoms with Gasteiger partial charge in [0.25, 0.3) is 0 Å². The smallest absolute Gasteiger partial charge is 0.223 e. The van der Waals surface area contributed by atoms with E-state index in [4.69, 9.17) is 4.74 Å². The molecule has 122 valence electrons. The number of carbonyl (C=O) groups excluding carboxylic acids is 1. The average Bonchev–Trinajstić information content (AvgIpc) is 2.45. The number of methoxy groups -OCH3 is 1. The predicted octanol–water partition coefficient (Wildman–Crippen LogP) is 2.61. The highest BCUT2D eigenvalue weighted by Gasteiger charge is 2.25. The summed E-state index contributed by atoms with van der Waals surface area (Å²) in [6.07, 6.45) is 4.32. The van der Waals surface area contributed by atoms with E-state index >= 15 is 0 Å². The van der Waals surface area contributed by atoms with Crippen molar-refractivity contribution in [2.75, 3.05) is 20.2 Å². The van der Waals surface area contributed by atoms with Crippen molar-refractivity contribution in [2.45, 2.75) is 38.1 Å². The summed E-state index contributed by atoms with van der Waals surface area (Å²) in [5.74, 6) is 1.89. The van der Waals surface area contributed by atoms with Gasteiger partial charge in [-0.3, -0.25) is 4.79 Å². The van der Waals surface area contributed by atoms with Crippen molar-refractivity contribution >= 4 is 18.3 Å². The normalized spacial score (nSPS) is 20.3.